The van der Waals surface area contributed by atoms with Gasteiger partial charge in [-0.3, -0.25) is 19.8 Å². The molecule has 1 fully saturated rings. The Balaban J connectivity index is 1.70. The monoisotopic (exact) mass is 410 g/mol. The van der Waals surface area contributed by atoms with Crippen LogP contribution in [0.3, 0.4) is 0 Å². The average molecular weight is 410 g/mol. The van der Waals surface area contributed by atoms with Crippen LogP contribution in [0.25, 0.3) is 17.0 Å². The summed E-state index contributed by atoms with van der Waals surface area (Å²) in [6.45, 7) is 0. The van der Waals surface area contributed by atoms with Crippen molar-refractivity contribution in [2.45, 2.75) is 0 Å². The normalized spacial score (nSPS) is 15.6. The molecule has 1 saturated heterocycles. The number of nitrogens with zero attached hydrogens (tertiary/aromatic N) is 2. The van der Waals surface area contributed by atoms with Crippen molar-refractivity contribution in [3.8, 4) is 0 Å². The molecule has 1 aromatic heterocycles. The zero-order chi connectivity index (χ0) is 19.8. The number of para-hydroxylation sites is 1. The summed E-state index contributed by atoms with van der Waals surface area (Å²) in [6, 6.07) is 14.2. The Labute approximate surface area is 167 Å². The Morgan fingerprint density at radius 2 is 1.82 bits per heavy atom. The van der Waals surface area contributed by atoms with Crippen LogP contribution in [0.5, 0.6) is 0 Å². The van der Waals surface area contributed by atoms with Crippen molar-refractivity contribution in [1.82, 2.24) is 0 Å². The van der Waals surface area contributed by atoms with E-state index in [1.165, 1.54) is 35.2 Å². The zero-order valence-corrected chi connectivity index (χ0v) is 15.7. The first-order chi connectivity index (χ1) is 13.4. The number of benzene rings is 2. The highest BCUT2D eigenvalue weighted by Crippen LogP contribution is 2.36. The van der Waals surface area contributed by atoms with Crippen molar-refractivity contribution in [2.24, 2.45) is 0 Å². The second-order valence-electron chi connectivity index (χ2n) is 5.82. The predicted octanol–water partition coefficient (Wildman–Crippen LogP) is 4.11. The van der Waals surface area contributed by atoms with Crippen LogP contribution in [0, 0.1) is 10.1 Å². The Hall–Kier alpha value is -3.30. The second kappa shape index (κ2) is 7.02. The van der Waals surface area contributed by atoms with E-state index in [1.54, 1.807) is 24.3 Å². The molecule has 9 heteroatoms. The molecular formula is C19H10N2O5S2. The van der Waals surface area contributed by atoms with E-state index in [-0.39, 0.29) is 20.5 Å². The molecule has 0 radical (unpaired) electrons. The molecule has 0 unspecified atom stereocenters. The zero-order valence-electron chi connectivity index (χ0n) is 14.0. The lowest BCUT2D eigenvalue weighted by Crippen LogP contribution is -2.27. The molecule has 0 bridgehead atoms. The summed E-state index contributed by atoms with van der Waals surface area (Å²) in [5.41, 5.74) is 0.478. The van der Waals surface area contributed by atoms with Crippen molar-refractivity contribution in [2.75, 3.05) is 4.90 Å². The van der Waals surface area contributed by atoms with Gasteiger partial charge in [-0.2, -0.15) is 0 Å². The van der Waals surface area contributed by atoms with Gasteiger partial charge in [-0.05, 0) is 30.3 Å². The summed E-state index contributed by atoms with van der Waals surface area (Å²) < 4.78 is 5.55. The molecule has 28 heavy (non-hydrogen) atoms. The lowest BCUT2D eigenvalue weighted by Gasteiger charge is -2.13. The largest absolute Gasteiger partial charge is 0.422 e. The summed E-state index contributed by atoms with van der Waals surface area (Å²) in [5, 5.41) is 11.5. The molecule has 0 aliphatic carbocycles. The number of carbonyl (C=O) groups excluding carboxylic acids is 1. The van der Waals surface area contributed by atoms with Crippen LogP contribution in [0.2, 0.25) is 0 Å². The molecular weight excluding hydrogens is 400 g/mol. The van der Waals surface area contributed by atoms with Gasteiger partial charge in [0.25, 0.3) is 11.6 Å². The second-order valence-corrected chi connectivity index (χ2v) is 7.49. The van der Waals surface area contributed by atoms with Crippen LogP contribution in [-0.2, 0) is 4.79 Å². The minimum absolute atomic E-state index is 0.0847. The van der Waals surface area contributed by atoms with Gasteiger partial charge in [0, 0.05) is 17.5 Å². The number of nitro groups is 1. The van der Waals surface area contributed by atoms with Gasteiger partial charge in [0.05, 0.1) is 21.1 Å². The van der Waals surface area contributed by atoms with Crippen molar-refractivity contribution < 1.29 is 14.1 Å². The van der Waals surface area contributed by atoms with Gasteiger partial charge in [-0.1, -0.05) is 42.2 Å². The molecule has 0 N–H and O–H groups in total. The van der Waals surface area contributed by atoms with E-state index in [9.17, 15) is 19.7 Å². The van der Waals surface area contributed by atoms with E-state index in [0.717, 1.165) is 17.1 Å². The number of hydrogen-bond acceptors (Lipinski definition) is 7. The number of thiocarbonyl (C=S) groups is 1. The highest BCUT2D eigenvalue weighted by atomic mass is 32.2. The van der Waals surface area contributed by atoms with Crippen molar-refractivity contribution in [3.05, 3.63) is 85.6 Å². The van der Waals surface area contributed by atoms with E-state index >= 15 is 0 Å². The molecule has 3 aromatic rings. The maximum atomic E-state index is 12.8. The molecule has 0 saturated carbocycles. The highest BCUT2D eigenvalue weighted by molar-refractivity contribution is 8.27. The van der Waals surface area contributed by atoms with Crippen LogP contribution >= 0.6 is 24.0 Å². The molecule has 7 nitrogen and oxygen atoms in total. The topological polar surface area (TPSA) is 93.7 Å². The number of hydrogen-bond donors (Lipinski definition) is 0. The third-order valence-electron chi connectivity index (χ3n) is 4.07. The van der Waals surface area contributed by atoms with Gasteiger partial charge in [0.15, 0.2) is 4.32 Å². The minimum Gasteiger partial charge on any atom is -0.422 e. The first kappa shape index (κ1) is 18.1. The third kappa shape index (κ3) is 3.21. The van der Waals surface area contributed by atoms with Crippen LogP contribution in [0.15, 0.2) is 68.7 Å². The number of nitro benzene ring substituents is 1. The third-order valence-corrected chi connectivity index (χ3v) is 5.37. The smallest absolute Gasteiger partial charge is 0.343 e. The number of fused-ring (bicyclic) bond motifs is 1. The van der Waals surface area contributed by atoms with Gasteiger partial charge in [0.2, 0.25) is 0 Å². The maximum absolute atomic E-state index is 12.8. The standard InChI is InChI=1S/C19H10N2O5S2/c22-17-16(10-12-9-11-3-1-2-4-15(11)26-18(12)23)28-19(27)20(17)13-5-7-14(8-6-13)21(24)25/h1-10H/b16-10-. The van der Waals surface area contributed by atoms with Gasteiger partial charge >= 0.3 is 5.63 Å². The van der Waals surface area contributed by atoms with Gasteiger partial charge < -0.3 is 4.42 Å². The Kier molecular flexibility index (Phi) is 4.54. The van der Waals surface area contributed by atoms with Crippen LogP contribution in [0.4, 0.5) is 11.4 Å². The van der Waals surface area contributed by atoms with E-state index in [2.05, 4.69) is 0 Å². The number of amides is 1. The number of anilines is 1. The highest BCUT2D eigenvalue weighted by Gasteiger charge is 2.33. The predicted molar refractivity (Wildman–Crippen MR) is 111 cm³/mol. The van der Waals surface area contributed by atoms with Crippen molar-refractivity contribution in [3.63, 3.8) is 0 Å². The summed E-state index contributed by atoms with van der Waals surface area (Å²) in [5.74, 6) is -0.406. The Morgan fingerprint density at radius 1 is 1.11 bits per heavy atom. The fraction of sp³-hybridized carbons (Fsp3) is 0. The lowest BCUT2D eigenvalue weighted by molar-refractivity contribution is -0.384. The molecule has 1 aliphatic heterocycles. The van der Waals surface area contributed by atoms with Crippen molar-refractivity contribution in [1.29, 1.82) is 0 Å². The summed E-state index contributed by atoms with van der Waals surface area (Å²) in [6.07, 6.45) is 1.45. The maximum Gasteiger partial charge on any atom is 0.343 e. The van der Waals surface area contributed by atoms with Gasteiger partial charge in [-0.25, -0.2) is 4.79 Å². The SMILES string of the molecule is O=C1/C(=C/c2cc3ccccc3oc2=O)SC(=S)N1c1ccc([N+](=O)[O-])cc1. The molecule has 2 aromatic carbocycles. The number of rotatable bonds is 3. The van der Waals surface area contributed by atoms with Crippen LogP contribution < -0.4 is 10.5 Å². The molecule has 0 atom stereocenters. The first-order valence-corrected chi connectivity index (χ1v) is 9.22. The Bertz CT molecular complexity index is 1230. The molecule has 0 spiro atoms. The fourth-order valence-electron chi connectivity index (χ4n) is 2.73. The molecule has 138 valence electrons. The number of non-ortho nitro benzene ring substituents is 1. The van der Waals surface area contributed by atoms with E-state index < -0.39 is 16.5 Å². The number of carbonyl (C=O) groups is 1. The molecule has 1 aliphatic rings. The van der Waals surface area contributed by atoms with Crippen molar-refractivity contribution >= 4 is 62.6 Å². The first-order valence-electron chi connectivity index (χ1n) is 7.99. The lowest BCUT2D eigenvalue weighted by atomic mass is 10.1. The molecule has 4 rings (SSSR count). The minimum atomic E-state index is -0.556. The van der Waals surface area contributed by atoms with E-state index in [0.29, 0.717) is 11.3 Å². The van der Waals surface area contributed by atoms with Crippen LogP contribution in [-0.4, -0.2) is 15.2 Å². The Morgan fingerprint density at radius 3 is 2.54 bits per heavy atom. The molecule has 2 heterocycles. The van der Waals surface area contributed by atoms with E-state index in [4.69, 9.17) is 16.6 Å². The number of thioether (sulfide) groups is 1. The van der Waals surface area contributed by atoms with Gasteiger partial charge in [-0.15, -0.1) is 0 Å². The van der Waals surface area contributed by atoms with Gasteiger partial charge in [0.1, 0.15) is 5.58 Å². The quantitative estimate of drug-likeness (QED) is 0.211. The fourth-order valence-corrected chi connectivity index (χ4v) is 4.02. The van der Waals surface area contributed by atoms with Crippen LogP contribution in [0.1, 0.15) is 5.56 Å². The summed E-state index contributed by atoms with van der Waals surface area (Å²) in [4.78, 5) is 36.8. The molecule has 1 amide bonds. The average Bonchev–Trinajstić information content (AvgIpc) is 2.95. The van der Waals surface area contributed by atoms with E-state index in [1.807, 2.05) is 6.07 Å². The summed E-state index contributed by atoms with van der Waals surface area (Å²) >= 11 is 6.33. The summed E-state index contributed by atoms with van der Waals surface area (Å²) in [7, 11) is 0.